The summed E-state index contributed by atoms with van der Waals surface area (Å²) in [6.07, 6.45) is -1.33. The van der Waals surface area contributed by atoms with Crippen molar-refractivity contribution in [2.75, 3.05) is 0 Å². The summed E-state index contributed by atoms with van der Waals surface area (Å²) in [6.45, 7) is 2.89. The predicted molar refractivity (Wildman–Crippen MR) is 25.9 cm³/mol. The van der Waals surface area contributed by atoms with E-state index in [-0.39, 0.29) is 0 Å². The Morgan fingerprint density at radius 3 is 1.86 bits per heavy atom. The van der Waals surface area contributed by atoms with E-state index < -0.39 is 6.09 Å². The zero-order chi connectivity index (χ0) is 6.28. The molecule has 0 rings (SSSR count). The average molecular weight is 105 g/mol. The van der Waals surface area contributed by atoms with Gasteiger partial charge in [-0.25, -0.2) is 4.79 Å². The molecular formula is C2H7N3O2. The van der Waals surface area contributed by atoms with Crippen molar-refractivity contribution in [3.05, 3.63) is 0 Å². The van der Waals surface area contributed by atoms with Crippen LogP contribution < -0.4 is 11.6 Å². The van der Waals surface area contributed by atoms with E-state index in [1.807, 2.05) is 0 Å². The maximum Gasteiger partial charge on any atom is 0.402 e. The van der Waals surface area contributed by atoms with Crippen LogP contribution in [-0.2, 0) is 0 Å². The summed E-state index contributed by atoms with van der Waals surface area (Å²) in [6, 6.07) is 0. The van der Waals surface area contributed by atoms with Gasteiger partial charge < -0.3 is 16.7 Å². The third-order valence-corrected chi connectivity index (χ3v) is 0. The fourth-order valence-electron chi connectivity index (χ4n) is 0. The molecule has 0 heterocycles. The van der Waals surface area contributed by atoms with Gasteiger partial charge in [0.2, 0.25) is 0 Å². The van der Waals surface area contributed by atoms with E-state index in [1.165, 1.54) is 0 Å². The minimum absolute atomic E-state index is 1.33. The first-order chi connectivity index (χ1) is 3.15. The molecule has 7 heavy (non-hydrogen) atoms. The molecule has 0 aliphatic heterocycles. The van der Waals surface area contributed by atoms with Gasteiger partial charge >= 0.3 is 6.09 Å². The smallest absolute Gasteiger partial charge is 0.402 e. The predicted octanol–water partition coefficient (Wildman–Crippen LogP) is -0.816. The van der Waals surface area contributed by atoms with Crippen LogP contribution in [0.2, 0.25) is 0 Å². The van der Waals surface area contributed by atoms with Gasteiger partial charge in [-0.15, -0.1) is 0 Å². The van der Waals surface area contributed by atoms with E-state index in [1.54, 1.807) is 0 Å². The Bertz CT molecular complexity index is 58.0. The van der Waals surface area contributed by atoms with Crippen molar-refractivity contribution in [2.24, 2.45) is 16.7 Å². The molecule has 1 amide bonds. The molecule has 0 fully saturated rings. The number of hydrogen-bond acceptors (Lipinski definition) is 3. The molecule has 0 saturated heterocycles. The fourth-order valence-corrected chi connectivity index (χ4v) is 0. The fraction of sp³-hybridized carbons (Fsp3) is 0. The highest BCUT2D eigenvalue weighted by molar-refractivity contribution is 5.61. The van der Waals surface area contributed by atoms with Crippen LogP contribution in [0.3, 0.4) is 0 Å². The monoisotopic (exact) mass is 105 g/mol. The second kappa shape index (κ2) is 8.83. The first-order valence-corrected chi connectivity index (χ1v) is 1.29. The molecule has 0 aromatic carbocycles. The number of nitrogens with two attached hydrogens (primary N) is 2. The van der Waals surface area contributed by atoms with Crippen LogP contribution in [-0.4, -0.2) is 17.9 Å². The van der Waals surface area contributed by atoms with Gasteiger partial charge in [0, 0.05) is 6.72 Å². The second-order valence-electron chi connectivity index (χ2n) is 0.521. The summed E-state index contributed by atoms with van der Waals surface area (Å²) >= 11 is 0. The van der Waals surface area contributed by atoms with Crippen molar-refractivity contribution in [1.82, 2.24) is 0 Å². The molecule has 0 aromatic rings. The van der Waals surface area contributed by atoms with Crippen LogP contribution in [0.5, 0.6) is 0 Å². The third-order valence-electron chi connectivity index (χ3n) is 0. The van der Waals surface area contributed by atoms with E-state index in [0.29, 0.717) is 0 Å². The Hall–Kier alpha value is -1.26. The number of carboxylic acid groups (broad SMARTS) is 1. The van der Waals surface area contributed by atoms with Crippen LogP contribution in [0.1, 0.15) is 0 Å². The first-order valence-electron chi connectivity index (χ1n) is 1.29. The van der Waals surface area contributed by atoms with Crippen LogP contribution in [0.15, 0.2) is 5.10 Å². The van der Waals surface area contributed by atoms with Gasteiger partial charge in [0.25, 0.3) is 0 Å². The summed E-state index contributed by atoms with van der Waals surface area (Å²) < 4.78 is 0. The molecule has 0 saturated carbocycles. The molecule has 5 N–H and O–H groups in total. The van der Waals surface area contributed by atoms with E-state index in [2.05, 4.69) is 23.4 Å². The lowest BCUT2D eigenvalue weighted by molar-refractivity contribution is 0.205. The summed E-state index contributed by atoms with van der Waals surface area (Å²) in [4.78, 5) is 8.78. The zero-order valence-corrected chi connectivity index (χ0v) is 3.66. The quantitative estimate of drug-likeness (QED) is 0.213. The van der Waals surface area contributed by atoms with E-state index >= 15 is 0 Å². The SMILES string of the molecule is C=NN.NC(=O)O. The first kappa shape index (κ1) is 9.22. The Morgan fingerprint density at radius 1 is 1.86 bits per heavy atom. The highest BCUT2D eigenvalue weighted by Crippen LogP contribution is 1.34. The summed E-state index contributed by atoms with van der Waals surface area (Å²) in [7, 11) is 0. The Balaban J connectivity index is 0. The number of hydrazone groups is 1. The van der Waals surface area contributed by atoms with E-state index in [0.717, 1.165) is 0 Å². The summed E-state index contributed by atoms with van der Waals surface area (Å²) in [5.41, 5.74) is 4.03. The second-order valence-corrected chi connectivity index (χ2v) is 0.521. The summed E-state index contributed by atoms with van der Waals surface area (Å²) in [5, 5.41) is 9.94. The van der Waals surface area contributed by atoms with E-state index in [9.17, 15) is 0 Å². The van der Waals surface area contributed by atoms with Gasteiger partial charge in [0.05, 0.1) is 0 Å². The topological polar surface area (TPSA) is 102 Å². The lowest BCUT2D eigenvalue weighted by atomic mass is 11.3. The minimum Gasteiger partial charge on any atom is -0.465 e. The number of amides is 1. The van der Waals surface area contributed by atoms with Crippen LogP contribution in [0, 0.1) is 0 Å². The molecule has 5 heteroatoms. The average Bonchev–Trinajstić information content (AvgIpc) is 1.33. The van der Waals surface area contributed by atoms with Crippen molar-refractivity contribution in [1.29, 1.82) is 0 Å². The number of carbonyl (C=O) groups is 1. The standard InChI is InChI=1S/CH4N2.CH3NO2/c1-3-2;2-1(3)4/h1-2H2;2H2,(H,3,4). The van der Waals surface area contributed by atoms with E-state index in [4.69, 9.17) is 9.90 Å². The molecule has 42 valence electrons. The molecule has 0 spiro atoms. The van der Waals surface area contributed by atoms with Crippen molar-refractivity contribution >= 4 is 12.8 Å². The van der Waals surface area contributed by atoms with Crippen LogP contribution in [0.4, 0.5) is 4.79 Å². The molecule has 0 aromatic heterocycles. The van der Waals surface area contributed by atoms with Crippen molar-refractivity contribution in [3.8, 4) is 0 Å². The molecule has 0 radical (unpaired) electrons. The molecule has 5 nitrogen and oxygen atoms in total. The third kappa shape index (κ3) is 22.4. The molecular weight excluding hydrogens is 98.0 g/mol. The van der Waals surface area contributed by atoms with Crippen molar-refractivity contribution < 1.29 is 9.90 Å². The van der Waals surface area contributed by atoms with Gasteiger partial charge in [-0.05, 0) is 0 Å². The van der Waals surface area contributed by atoms with Crippen molar-refractivity contribution in [2.45, 2.75) is 0 Å². The van der Waals surface area contributed by atoms with Crippen LogP contribution in [0.25, 0.3) is 0 Å². The summed E-state index contributed by atoms with van der Waals surface area (Å²) in [5.74, 6) is 4.36. The van der Waals surface area contributed by atoms with Gasteiger partial charge in [0.15, 0.2) is 0 Å². The maximum atomic E-state index is 8.78. The molecule has 0 aliphatic rings. The largest absolute Gasteiger partial charge is 0.465 e. The number of rotatable bonds is 0. The maximum absolute atomic E-state index is 8.78. The van der Waals surface area contributed by atoms with Crippen molar-refractivity contribution in [3.63, 3.8) is 0 Å². The van der Waals surface area contributed by atoms with Gasteiger partial charge in [-0.1, -0.05) is 0 Å². The minimum atomic E-state index is -1.33. The Labute approximate surface area is 40.6 Å². The van der Waals surface area contributed by atoms with Crippen LogP contribution >= 0.6 is 0 Å². The molecule has 0 bridgehead atoms. The zero-order valence-electron chi connectivity index (χ0n) is 3.66. The lowest BCUT2D eigenvalue weighted by Gasteiger charge is -1.61. The molecule has 0 unspecified atom stereocenters. The molecule has 0 aliphatic carbocycles. The highest BCUT2D eigenvalue weighted by atomic mass is 16.4. The van der Waals surface area contributed by atoms with Gasteiger partial charge in [-0.2, -0.15) is 5.10 Å². The number of hydrogen-bond donors (Lipinski definition) is 3. The normalized spacial score (nSPS) is 5.14. The highest BCUT2D eigenvalue weighted by Gasteiger charge is 1.65. The Morgan fingerprint density at radius 2 is 1.86 bits per heavy atom. The Kier molecular flexibility index (Phi) is 11.6. The number of nitrogens with zero attached hydrogens (tertiary/aromatic N) is 1. The van der Waals surface area contributed by atoms with Gasteiger partial charge in [0.1, 0.15) is 0 Å². The number of primary amides is 1. The lowest BCUT2D eigenvalue weighted by Crippen LogP contribution is -2.03. The van der Waals surface area contributed by atoms with Gasteiger partial charge in [-0.3, -0.25) is 0 Å². The molecule has 0 atom stereocenters.